The van der Waals surface area contributed by atoms with E-state index in [1.165, 1.54) is 12.8 Å². The van der Waals surface area contributed by atoms with Crippen molar-refractivity contribution in [2.75, 3.05) is 40.4 Å². The van der Waals surface area contributed by atoms with Crippen LogP contribution in [0.1, 0.15) is 45.4 Å². The minimum atomic E-state index is -0.425. The lowest BCUT2D eigenvalue weighted by Gasteiger charge is -2.46. The third-order valence-corrected chi connectivity index (χ3v) is 5.92. The average Bonchev–Trinajstić information content (AvgIpc) is 2.53. The first-order valence-corrected chi connectivity index (χ1v) is 8.68. The van der Waals surface area contributed by atoms with Gasteiger partial charge >= 0.3 is 0 Å². The van der Waals surface area contributed by atoms with Crippen LogP contribution >= 0.6 is 24.8 Å². The summed E-state index contributed by atoms with van der Waals surface area (Å²) >= 11 is 0. The predicted octanol–water partition coefficient (Wildman–Crippen LogP) is 2.21. The van der Waals surface area contributed by atoms with E-state index in [0.717, 1.165) is 38.1 Å². The Morgan fingerprint density at radius 2 is 1.88 bits per heavy atom. The summed E-state index contributed by atoms with van der Waals surface area (Å²) in [4.78, 5) is 15.1. The topological polar surface area (TPSA) is 67.6 Å². The molecule has 2 rings (SSSR count). The number of amides is 1. The zero-order chi connectivity index (χ0) is 16.2. The van der Waals surface area contributed by atoms with Gasteiger partial charge in [0, 0.05) is 31.8 Å². The van der Waals surface area contributed by atoms with Crippen molar-refractivity contribution >= 4 is 30.7 Å². The van der Waals surface area contributed by atoms with Crippen molar-refractivity contribution in [3.05, 3.63) is 0 Å². The molecule has 3 N–H and O–H groups in total. The molecule has 144 valence electrons. The van der Waals surface area contributed by atoms with Gasteiger partial charge in [-0.2, -0.15) is 0 Å². The minimum absolute atomic E-state index is 0. The highest BCUT2D eigenvalue weighted by Crippen LogP contribution is 2.36. The highest BCUT2D eigenvalue weighted by molar-refractivity contribution is 5.85. The largest absolute Gasteiger partial charge is 0.381 e. The lowest BCUT2D eigenvalue weighted by atomic mass is 9.74. The third-order valence-electron chi connectivity index (χ3n) is 5.92. The summed E-state index contributed by atoms with van der Waals surface area (Å²) in [5.41, 5.74) is 5.60. The lowest BCUT2D eigenvalue weighted by Crippen LogP contribution is -2.58. The van der Waals surface area contributed by atoms with Crippen molar-refractivity contribution in [3.63, 3.8) is 0 Å². The van der Waals surface area contributed by atoms with E-state index >= 15 is 0 Å². The highest BCUT2D eigenvalue weighted by Gasteiger charge is 2.42. The molecule has 0 aromatic heterocycles. The van der Waals surface area contributed by atoms with Crippen LogP contribution in [0.5, 0.6) is 0 Å². The fourth-order valence-corrected chi connectivity index (χ4v) is 4.08. The van der Waals surface area contributed by atoms with E-state index in [0.29, 0.717) is 19.8 Å². The van der Waals surface area contributed by atoms with E-state index in [4.69, 9.17) is 10.5 Å². The number of likely N-dealkylation sites (N-methyl/N-ethyl adjacent to an activating group) is 1. The van der Waals surface area contributed by atoms with Gasteiger partial charge in [0.15, 0.2) is 0 Å². The molecule has 1 saturated heterocycles. The summed E-state index contributed by atoms with van der Waals surface area (Å²) in [6.07, 6.45) is 6.32. The van der Waals surface area contributed by atoms with Crippen molar-refractivity contribution in [2.24, 2.45) is 17.1 Å². The number of halogens is 2. The molecule has 0 bridgehead atoms. The van der Waals surface area contributed by atoms with Crippen LogP contribution in [0.2, 0.25) is 0 Å². The van der Waals surface area contributed by atoms with Crippen molar-refractivity contribution in [1.82, 2.24) is 10.2 Å². The molecule has 2 unspecified atom stereocenters. The molecule has 2 fully saturated rings. The van der Waals surface area contributed by atoms with E-state index in [9.17, 15) is 4.79 Å². The number of ether oxygens (including phenoxy) is 1. The zero-order valence-electron chi connectivity index (χ0n) is 15.3. The Labute approximate surface area is 159 Å². The molecule has 24 heavy (non-hydrogen) atoms. The van der Waals surface area contributed by atoms with Gasteiger partial charge < -0.3 is 20.7 Å². The minimum Gasteiger partial charge on any atom is -0.381 e. The number of nitrogens with two attached hydrogens (primary N) is 1. The molecular formula is C17H35Cl2N3O2. The number of nitrogens with zero attached hydrogens (tertiary/aromatic N) is 1. The Balaban J connectivity index is 0.00000264. The molecular weight excluding hydrogens is 349 g/mol. The van der Waals surface area contributed by atoms with Gasteiger partial charge in [-0.25, -0.2) is 0 Å². The van der Waals surface area contributed by atoms with Crippen molar-refractivity contribution < 1.29 is 9.53 Å². The number of carbonyl (C=O) groups excluding carboxylic acids is 1. The second-order valence-corrected chi connectivity index (χ2v) is 7.60. The standard InChI is InChI=1S/C17H33N3O2.2ClH/c1-14-5-4-6-17(11-14,20(2)3)13-19-15(21)16(12-18)7-9-22-10-8-16;;/h14H,4-13,18H2,1-3H3,(H,19,21);2*1H. The Hall–Kier alpha value is -0.0700. The molecule has 1 amide bonds. The first-order valence-electron chi connectivity index (χ1n) is 8.68. The fraction of sp³-hybridized carbons (Fsp3) is 0.941. The Morgan fingerprint density at radius 3 is 2.38 bits per heavy atom. The molecule has 1 saturated carbocycles. The number of carbonyl (C=O) groups is 1. The molecule has 0 aromatic rings. The molecule has 1 heterocycles. The molecule has 5 nitrogen and oxygen atoms in total. The van der Waals surface area contributed by atoms with Gasteiger partial charge in [0.25, 0.3) is 0 Å². The lowest BCUT2D eigenvalue weighted by molar-refractivity contribution is -0.136. The van der Waals surface area contributed by atoms with Gasteiger partial charge in [-0.15, -0.1) is 24.8 Å². The van der Waals surface area contributed by atoms with Crippen LogP contribution in [0.25, 0.3) is 0 Å². The average molecular weight is 384 g/mol. The van der Waals surface area contributed by atoms with Gasteiger partial charge in [-0.05, 0) is 45.7 Å². The van der Waals surface area contributed by atoms with Crippen LogP contribution in [-0.4, -0.2) is 56.7 Å². The van der Waals surface area contributed by atoms with E-state index in [-0.39, 0.29) is 36.3 Å². The smallest absolute Gasteiger partial charge is 0.227 e. The summed E-state index contributed by atoms with van der Waals surface area (Å²) < 4.78 is 5.40. The normalized spacial score (nSPS) is 29.3. The second-order valence-electron chi connectivity index (χ2n) is 7.60. The van der Waals surface area contributed by atoms with E-state index in [1.807, 2.05) is 0 Å². The molecule has 1 aliphatic carbocycles. The van der Waals surface area contributed by atoms with Crippen molar-refractivity contribution in [2.45, 2.75) is 51.0 Å². The third kappa shape index (κ3) is 5.21. The van der Waals surface area contributed by atoms with Crippen LogP contribution in [0, 0.1) is 11.3 Å². The fourth-order valence-electron chi connectivity index (χ4n) is 4.08. The Bertz CT molecular complexity index is 390. The highest BCUT2D eigenvalue weighted by atomic mass is 35.5. The quantitative estimate of drug-likeness (QED) is 0.763. The number of nitrogens with one attached hydrogen (secondary N) is 1. The summed E-state index contributed by atoms with van der Waals surface area (Å²) in [5, 5.41) is 3.24. The molecule has 1 aliphatic heterocycles. The van der Waals surface area contributed by atoms with E-state index < -0.39 is 5.41 Å². The van der Waals surface area contributed by atoms with Crippen LogP contribution < -0.4 is 11.1 Å². The summed E-state index contributed by atoms with van der Waals surface area (Å²) in [5.74, 6) is 0.845. The van der Waals surface area contributed by atoms with Crippen LogP contribution in [-0.2, 0) is 9.53 Å². The first kappa shape index (κ1) is 23.9. The maximum absolute atomic E-state index is 12.8. The van der Waals surface area contributed by atoms with E-state index in [1.54, 1.807) is 0 Å². The van der Waals surface area contributed by atoms with Gasteiger partial charge in [0.05, 0.1) is 5.41 Å². The Morgan fingerprint density at radius 1 is 1.25 bits per heavy atom. The molecule has 0 spiro atoms. The zero-order valence-corrected chi connectivity index (χ0v) is 16.9. The maximum atomic E-state index is 12.8. The summed E-state index contributed by atoms with van der Waals surface area (Å²) in [7, 11) is 4.27. The molecule has 0 aromatic carbocycles. The van der Waals surface area contributed by atoms with Crippen LogP contribution in [0.3, 0.4) is 0 Å². The van der Waals surface area contributed by atoms with Gasteiger partial charge in [-0.3, -0.25) is 4.79 Å². The molecule has 7 heteroatoms. The van der Waals surface area contributed by atoms with Gasteiger partial charge in [0.1, 0.15) is 0 Å². The van der Waals surface area contributed by atoms with Crippen molar-refractivity contribution in [3.8, 4) is 0 Å². The first-order chi connectivity index (χ1) is 10.4. The van der Waals surface area contributed by atoms with Crippen LogP contribution in [0.4, 0.5) is 0 Å². The number of hydrogen-bond acceptors (Lipinski definition) is 4. The summed E-state index contributed by atoms with van der Waals surface area (Å²) in [6.45, 7) is 4.74. The molecule has 2 atom stereocenters. The second kappa shape index (κ2) is 10.2. The van der Waals surface area contributed by atoms with Crippen LogP contribution in [0.15, 0.2) is 0 Å². The predicted molar refractivity (Wildman–Crippen MR) is 103 cm³/mol. The number of rotatable bonds is 5. The monoisotopic (exact) mass is 383 g/mol. The SMILES string of the molecule is CC1CCCC(CNC(=O)C2(CN)CCOCC2)(N(C)C)C1.Cl.Cl. The Kier molecular flexibility index (Phi) is 10.1. The number of hydrogen-bond donors (Lipinski definition) is 2. The summed E-state index contributed by atoms with van der Waals surface area (Å²) in [6, 6.07) is 0. The van der Waals surface area contributed by atoms with Gasteiger partial charge in [-0.1, -0.05) is 19.8 Å². The molecule has 2 aliphatic rings. The maximum Gasteiger partial charge on any atom is 0.227 e. The van der Waals surface area contributed by atoms with Gasteiger partial charge in [0.2, 0.25) is 5.91 Å². The molecule has 0 radical (unpaired) electrons. The van der Waals surface area contributed by atoms with Crippen molar-refractivity contribution in [1.29, 1.82) is 0 Å². The van der Waals surface area contributed by atoms with E-state index in [2.05, 4.69) is 31.2 Å².